The fraction of sp³-hybridized carbons (Fsp3) is 0.389. The van der Waals surface area contributed by atoms with Crippen LogP contribution in [-0.4, -0.2) is 30.2 Å². The number of likely N-dealkylation sites (N-methyl/N-ethyl adjacent to an activating group) is 1. The normalized spacial score (nSPS) is 17.6. The average Bonchev–Trinajstić information content (AvgIpc) is 2.96. The Morgan fingerprint density at radius 2 is 2.10 bits per heavy atom. The maximum Gasteiger partial charge on any atom is 0.0679 e. The van der Waals surface area contributed by atoms with Gasteiger partial charge >= 0.3 is 0 Å². The van der Waals surface area contributed by atoms with Crippen LogP contribution < -0.4 is 5.32 Å². The van der Waals surface area contributed by atoms with Gasteiger partial charge in [-0.25, -0.2) is 0 Å². The average molecular weight is 283 g/mol. The van der Waals surface area contributed by atoms with Crippen molar-refractivity contribution in [1.82, 2.24) is 10.2 Å². The Bertz CT molecular complexity index is 559. The van der Waals surface area contributed by atoms with Crippen molar-refractivity contribution in [3.63, 3.8) is 0 Å². The van der Waals surface area contributed by atoms with E-state index in [4.69, 9.17) is 5.41 Å². The van der Waals surface area contributed by atoms with E-state index in [0.717, 1.165) is 41.9 Å². The SMILES string of the molecule is C=C(NC)C1CCCN1C(=C)CC(=N)c1ccccc1C. The Morgan fingerprint density at radius 3 is 2.76 bits per heavy atom. The van der Waals surface area contributed by atoms with Crippen LogP contribution in [0.4, 0.5) is 0 Å². The molecule has 0 radical (unpaired) electrons. The minimum atomic E-state index is 0.312. The first-order valence-corrected chi connectivity index (χ1v) is 7.49. The summed E-state index contributed by atoms with van der Waals surface area (Å²) in [4.78, 5) is 2.30. The molecule has 0 aliphatic carbocycles. The summed E-state index contributed by atoms with van der Waals surface area (Å²) in [7, 11) is 1.91. The molecule has 0 bridgehead atoms. The van der Waals surface area contributed by atoms with Gasteiger partial charge in [-0.3, -0.25) is 0 Å². The van der Waals surface area contributed by atoms with Gasteiger partial charge in [0.05, 0.1) is 6.04 Å². The molecule has 0 amide bonds. The first kappa shape index (κ1) is 15.4. The molecular weight excluding hydrogens is 258 g/mol. The van der Waals surface area contributed by atoms with E-state index in [9.17, 15) is 0 Å². The lowest BCUT2D eigenvalue weighted by Crippen LogP contribution is -2.34. The van der Waals surface area contributed by atoms with Crippen molar-refractivity contribution < 1.29 is 0 Å². The maximum absolute atomic E-state index is 8.36. The fourth-order valence-corrected chi connectivity index (χ4v) is 2.99. The minimum Gasteiger partial charge on any atom is -0.390 e. The van der Waals surface area contributed by atoms with E-state index in [1.54, 1.807) is 0 Å². The molecule has 0 aromatic heterocycles. The summed E-state index contributed by atoms with van der Waals surface area (Å²) >= 11 is 0. The van der Waals surface area contributed by atoms with Gasteiger partial charge in [-0.05, 0) is 30.9 Å². The van der Waals surface area contributed by atoms with Crippen molar-refractivity contribution in [2.75, 3.05) is 13.6 Å². The molecule has 0 saturated carbocycles. The van der Waals surface area contributed by atoms with E-state index in [-0.39, 0.29) is 0 Å². The Hall–Kier alpha value is -2.03. The van der Waals surface area contributed by atoms with E-state index in [2.05, 4.69) is 23.4 Å². The third-order valence-corrected chi connectivity index (χ3v) is 4.23. The Labute approximate surface area is 127 Å². The van der Waals surface area contributed by atoms with Crippen LogP contribution in [0.3, 0.4) is 0 Å². The van der Waals surface area contributed by atoms with E-state index in [1.165, 1.54) is 0 Å². The first-order chi connectivity index (χ1) is 10.0. The zero-order valence-corrected chi connectivity index (χ0v) is 13.1. The molecule has 1 saturated heterocycles. The largest absolute Gasteiger partial charge is 0.390 e. The molecule has 1 aliphatic rings. The standard InChI is InChI=1S/C18H25N3/c1-13-8-5-6-9-16(13)17(19)12-14(2)21-11-7-10-18(21)15(3)20-4/h5-6,8-9,18-20H,2-3,7,10-12H2,1,4H3. The number of allylic oxidation sites excluding steroid dienone is 1. The van der Waals surface area contributed by atoms with Gasteiger partial charge in [-0.15, -0.1) is 0 Å². The van der Waals surface area contributed by atoms with Crippen LogP contribution >= 0.6 is 0 Å². The fourth-order valence-electron chi connectivity index (χ4n) is 2.99. The number of rotatable bonds is 6. The molecule has 0 spiro atoms. The molecule has 1 aliphatic heterocycles. The third-order valence-electron chi connectivity index (χ3n) is 4.23. The van der Waals surface area contributed by atoms with Crippen LogP contribution in [0.1, 0.15) is 30.4 Å². The van der Waals surface area contributed by atoms with Gasteiger partial charge in [0.15, 0.2) is 0 Å². The van der Waals surface area contributed by atoms with Crippen LogP contribution in [0.25, 0.3) is 0 Å². The molecular formula is C18H25N3. The van der Waals surface area contributed by atoms with Crippen LogP contribution in [0, 0.1) is 12.3 Å². The quantitative estimate of drug-likeness (QED) is 0.785. The van der Waals surface area contributed by atoms with Gasteiger partial charge < -0.3 is 15.6 Å². The molecule has 1 atom stereocenters. The van der Waals surface area contributed by atoms with Crippen molar-refractivity contribution in [3.05, 3.63) is 59.9 Å². The molecule has 112 valence electrons. The van der Waals surface area contributed by atoms with Crippen molar-refractivity contribution in [1.29, 1.82) is 5.41 Å². The predicted molar refractivity (Wildman–Crippen MR) is 89.7 cm³/mol. The second-order valence-electron chi connectivity index (χ2n) is 5.66. The van der Waals surface area contributed by atoms with Gasteiger partial charge in [0.2, 0.25) is 0 Å². The van der Waals surface area contributed by atoms with Gasteiger partial charge in [-0.1, -0.05) is 37.4 Å². The summed E-state index contributed by atoms with van der Waals surface area (Å²) in [6.07, 6.45) is 2.86. The summed E-state index contributed by atoms with van der Waals surface area (Å²) < 4.78 is 0. The van der Waals surface area contributed by atoms with E-state index in [1.807, 2.05) is 38.2 Å². The highest BCUT2D eigenvalue weighted by Crippen LogP contribution is 2.27. The molecule has 3 heteroatoms. The molecule has 3 nitrogen and oxygen atoms in total. The lowest BCUT2D eigenvalue weighted by Gasteiger charge is -2.30. The van der Waals surface area contributed by atoms with Gasteiger partial charge in [0.1, 0.15) is 0 Å². The third kappa shape index (κ3) is 3.35. The second kappa shape index (κ2) is 6.61. The molecule has 2 N–H and O–H groups in total. The van der Waals surface area contributed by atoms with Crippen molar-refractivity contribution in [2.24, 2.45) is 0 Å². The minimum absolute atomic E-state index is 0.312. The van der Waals surface area contributed by atoms with E-state index >= 15 is 0 Å². The summed E-state index contributed by atoms with van der Waals surface area (Å²) in [5.74, 6) is 0. The van der Waals surface area contributed by atoms with Gasteiger partial charge in [0.25, 0.3) is 0 Å². The highest BCUT2D eigenvalue weighted by atomic mass is 15.2. The number of nitrogens with zero attached hydrogens (tertiary/aromatic N) is 1. The topological polar surface area (TPSA) is 39.1 Å². The Morgan fingerprint density at radius 1 is 1.38 bits per heavy atom. The molecule has 1 aromatic rings. The summed E-state index contributed by atoms with van der Waals surface area (Å²) in [6.45, 7) is 11.4. The zero-order chi connectivity index (χ0) is 15.4. The lowest BCUT2D eigenvalue weighted by molar-refractivity contribution is 0.344. The van der Waals surface area contributed by atoms with Crippen LogP contribution in [0.5, 0.6) is 0 Å². The second-order valence-corrected chi connectivity index (χ2v) is 5.66. The lowest BCUT2D eigenvalue weighted by atomic mass is 10.0. The Kier molecular flexibility index (Phi) is 4.84. The summed E-state index contributed by atoms with van der Waals surface area (Å²) in [5.41, 5.74) is 4.85. The number of likely N-dealkylation sites (tertiary alicyclic amines) is 1. The smallest absolute Gasteiger partial charge is 0.0679 e. The molecule has 1 aromatic carbocycles. The summed E-state index contributed by atoms with van der Waals surface area (Å²) in [5, 5.41) is 11.5. The number of hydrogen-bond donors (Lipinski definition) is 2. The molecule has 1 heterocycles. The number of hydrogen-bond acceptors (Lipinski definition) is 3. The number of aryl methyl sites for hydroxylation is 1. The zero-order valence-electron chi connectivity index (χ0n) is 13.1. The first-order valence-electron chi connectivity index (χ1n) is 7.49. The van der Waals surface area contributed by atoms with Crippen LogP contribution in [0.2, 0.25) is 0 Å². The molecule has 1 fully saturated rings. The highest BCUT2D eigenvalue weighted by Gasteiger charge is 2.27. The predicted octanol–water partition coefficient (Wildman–Crippen LogP) is 3.46. The van der Waals surface area contributed by atoms with Crippen molar-refractivity contribution in [2.45, 2.75) is 32.2 Å². The Balaban J connectivity index is 2.06. The van der Waals surface area contributed by atoms with E-state index in [0.29, 0.717) is 18.2 Å². The molecule has 2 rings (SSSR count). The van der Waals surface area contributed by atoms with Crippen molar-refractivity contribution >= 4 is 5.71 Å². The maximum atomic E-state index is 8.36. The van der Waals surface area contributed by atoms with Crippen molar-refractivity contribution in [3.8, 4) is 0 Å². The van der Waals surface area contributed by atoms with Gasteiger partial charge in [0, 0.05) is 37.1 Å². The molecule has 21 heavy (non-hydrogen) atoms. The highest BCUT2D eigenvalue weighted by molar-refractivity contribution is 6.00. The van der Waals surface area contributed by atoms with Crippen LogP contribution in [0.15, 0.2) is 48.8 Å². The molecule has 1 unspecified atom stereocenters. The van der Waals surface area contributed by atoms with E-state index < -0.39 is 0 Å². The summed E-state index contributed by atoms with van der Waals surface area (Å²) in [6, 6.07) is 8.37. The van der Waals surface area contributed by atoms with Gasteiger partial charge in [-0.2, -0.15) is 0 Å². The monoisotopic (exact) mass is 283 g/mol. The number of benzene rings is 1. The number of nitrogens with one attached hydrogen (secondary N) is 2. The van der Waals surface area contributed by atoms with Crippen LogP contribution in [-0.2, 0) is 0 Å².